The monoisotopic (exact) mass is 733 g/mol. The van der Waals surface area contributed by atoms with Crippen molar-refractivity contribution in [3.05, 3.63) is 188 Å². The lowest BCUT2D eigenvalue weighted by molar-refractivity contribution is 0.670. The molecule has 0 N–H and O–H groups in total. The molecule has 262 valence electrons. The zero-order chi connectivity index (χ0) is 37.0. The lowest BCUT2D eigenvalue weighted by Gasteiger charge is -2.13. The molecule has 0 fully saturated rings. The summed E-state index contributed by atoms with van der Waals surface area (Å²) in [6, 6.07) is 63.4. The second-order valence-electron chi connectivity index (χ2n) is 13.9. The molecule has 0 saturated carbocycles. The van der Waals surface area contributed by atoms with Crippen LogP contribution in [-0.2, 0) is 0 Å². The standard InChI is InChI=1S/C51H31N3OS/c1-2-13-33(14-3-1)44-31-45(54-51(53-44)41-17-5-4-15-36(41)43-21-10-11-30-52-43)34-26-24-32(25-27-34)35-28-29-38(48-42-18-6-8-22-46(42)55-49(35)48)40-20-12-19-39-37-16-7-9-23-47(37)56-50(39)40/h1-31H. The van der Waals surface area contributed by atoms with Gasteiger partial charge < -0.3 is 4.42 Å². The number of hydrogen-bond acceptors (Lipinski definition) is 5. The molecular formula is C51H31N3OS. The fourth-order valence-electron chi connectivity index (χ4n) is 7.96. The number of benzene rings is 7. The smallest absolute Gasteiger partial charge is 0.161 e. The quantitative estimate of drug-likeness (QED) is 0.171. The van der Waals surface area contributed by atoms with Crippen LogP contribution in [0.15, 0.2) is 193 Å². The van der Waals surface area contributed by atoms with Crippen molar-refractivity contribution in [2.45, 2.75) is 0 Å². The molecule has 7 aromatic carbocycles. The normalized spacial score (nSPS) is 11.6. The molecule has 0 atom stereocenters. The van der Waals surface area contributed by atoms with Crippen LogP contribution in [0.3, 0.4) is 0 Å². The number of para-hydroxylation sites is 1. The maximum absolute atomic E-state index is 6.74. The van der Waals surface area contributed by atoms with Crippen LogP contribution in [0.1, 0.15) is 0 Å². The number of fused-ring (bicyclic) bond motifs is 6. The Hall–Kier alpha value is -7.21. The molecule has 56 heavy (non-hydrogen) atoms. The number of rotatable bonds is 6. The minimum absolute atomic E-state index is 0.653. The molecule has 4 heterocycles. The van der Waals surface area contributed by atoms with Crippen molar-refractivity contribution >= 4 is 53.4 Å². The van der Waals surface area contributed by atoms with Crippen LogP contribution in [0.25, 0.3) is 110 Å². The molecule has 0 saturated heterocycles. The molecule has 0 aliphatic rings. The molecular weight excluding hydrogens is 703 g/mol. The van der Waals surface area contributed by atoms with Gasteiger partial charge in [-0.05, 0) is 47.5 Å². The molecule has 4 aromatic heterocycles. The van der Waals surface area contributed by atoms with E-state index < -0.39 is 0 Å². The highest BCUT2D eigenvalue weighted by Crippen LogP contribution is 2.46. The van der Waals surface area contributed by atoms with Crippen LogP contribution in [0.2, 0.25) is 0 Å². The van der Waals surface area contributed by atoms with Gasteiger partial charge in [-0.1, -0.05) is 146 Å². The zero-order valence-electron chi connectivity index (χ0n) is 30.1. The van der Waals surface area contributed by atoms with Gasteiger partial charge in [-0.25, -0.2) is 9.97 Å². The first-order chi connectivity index (χ1) is 27.8. The van der Waals surface area contributed by atoms with Crippen LogP contribution >= 0.6 is 11.3 Å². The van der Waals surface area contributed by atoms with Crippen LogP contribution in [0.5, 0.6) is 0 Å². The topological polar surface area (TPSA) is 51.8 Å². The van der Waals surface area contributed by atoms with E-state index in [0.29, 0.717) is 5.82 Å². The highest BCUT2D eigenvalue weighted by atomic mass is 32.1. The van der Waals surface area contributed by atoms with Gasteiger partial charge in [-0.2, -0.15) is 0 Å². The number of furan rings is 1. The third-order valence-electron chi connectivity index (χ3n) is 10.6. The molecule has 0 spiro atoms. The van der Waals surface area contributed by atoms with E-state index in [9.17, 15) is 0 Å². The molecule has 11 rings (SSSR count). The Morgan fingerprint density at radius 1 is 0.411 bits per heavy atom. The van der Waals surface area contributed by atoms with Gasteiger partial charge in [0, 0.05) is 70.5 Å². The Balaban J connectivity index is 1.05. The number of nitrogens with zero attached hydrogens (tertiary/aromatic N) is 3. The fraction of sp³-hybridized carbons (Fsp3) is 0. The first-order valence-electron chi connectivity index (χ1n) is 18.7. The first kappa shape index (κ1) is 32.2. The highest BCUT2D eigenvalue weighted by molar-refractivity contribution is 7.26. The summed E-state index contributed by atoms with van der Waals surface area (Å²) >= 11 is 1.85. The summed E-state index contributed by atoms with van der Waals surface area (Å²) in [7, 11) is 0. The largest absolute Gasteiger partial charge is 0.455 e. The fourth-order valence-corrected chi connectivity index (χ4v) is 9.19. The van der Waals surface area contributed by atoms with Crippen molar-refractivity contribution in [2.75, 3.05) is 0 Å². The molecule has 11 aromatic rings. The number of pyridine rings is 1. The van der Waals surface area contributed by atoms with Gasteiger partial charge in [-0.3, -0.25) is 4.98 Å². The summed E-state index contributed by atoms with van der Waals surface area (Å²) in [5.74, 6) is 0.653. The molecule has 0 unspecified atom stereocenters. The predicted octanol–water partition coefficient (Wildman–Crippen LogP) is 14.1. The number of aromatic nitrogens is 3. The maximum atomic E-state index is 6.74. The minimum Gasteiger partial charge on any atom is -0.455 e. The SMILES string of the molecule is c1ccc(-c2cc(-c3ccc(-c4ccc(-c5cccc6c5sc5ccccc56)c5c4oc4ccccc45)cc3)nc(-c3ccccc3-c3ccccn3)n2)cc1. The van der Waals surface area contributed by atoms with Gasteiger partial charge in [-0.15, -0.1) is 11.3 Å². The second-order valence-corrected chi connectivity index (χ2v) is 15.0. The molecule has 0 bridgehead atoms. The Labute approximate surface area is 327 Å². The van der Waals surface area contributed by atoms with E-state index in [4.69, 9.17) is 14.4 Å². The van der Waals surface area contributed by atoms with Crippen LogP contribution in [0, 0.1) is 0 Å². The van der Waals surface area contributed by atoms with E-state index in [1.165, 1.54) is 31.3 Å². The molecule has 4 nitrogen and oxygen atoms in total. The van der Waals surface area contributed by atoms with Gasteiger partial charge in [0.1, 0.15) is 11.2 Å². The zero-order valence-corrected chi connectivity index (χ0v) is 30.9. The average Bonchev–Trinajstić information content (AvgIpc) is 3.86. The van der Waals surface area contributed by atoms with Crippen LogP contribution < -0.4 is 0 Å². The third kappa shape index (κ3) is 5.40. The van der Waals surface area contributed by atoms with Gasteiger partial charge >= 0.3 is 0 Å². The third-order valence-corrected chi connectivity index (χ3v) is 11.8. The summed E-state index contributed by atoms with van der Waals surface area (Å²) in [5, 5.41) is 4.82. The maximum Gasteiger partial charge on any atom is 0.161 e. The number of hydrogen-bond donors (Lipinski definition) is 0. The minimum atomic E-state index is 0.653. The lowest BCUT2D eigenvalue weighted by atomic mass is 9.93. The van der Waals surface area contributed by atoms with E-state index in [2.05, 4.69) is 132 Å². The van der Waals surface area contributed by atoms with E-state index in [0.717, 1.165) is 72.4 Å². The van der Waals surface area contributed by atoms with Crippen LogP contribution in [-0.4, -0.2) is 15.0 Å². The Kier molecular flexibility index (Phi) is 7.64. The Bertz CT molecular complexity index is 3240. The van der Waals surface area contributed by atoms with E-state index >= 15 is 0 Å². The van der Waals surface area contributed by atoms with Gasteiger partial charge in [0.25, 0.3) is 0 Å². The molecule has 5 heteroatoms. The Morgan fingerprint density at radius 2 is 1.05 bits per heavy atom. The van der Waals surface area contributed by atoms with E-state index in [1.807, 2.05) is 72.1 Å². The van der Waals surface area contributed by atoms with Crippen molar-refractivity contribution in [1.29, 1.82) is 0 Å². The van der Waals surface area contributed by atoms with Crippen molar-refractivity contribution in [2.24, 2.45) is 0 Å². The molecule has 0 amide bonds. The first-order valence-corrected chi connectivity index (χ1v) is 19.5. The van der Waals surface area contributed by atoms with Gasteiger partial charge in [0.15, 0.2) is 5.82 Å². The van der Waals surface area contributed by atoms with Gasteiger partial charge in [0.2, 0.25) is 0 Å². The van der Waals surface area contributed by atoms with E-state index in [-0.39, 0.29) is 0 Å². The van der Waals surface area contributed by atoms with Crippen LogP contribution in [0.4, 0.5) is 0 Å². The number of thiophene rings is 1. The summed E-state index contributed by atoms with van der Waals surface area (Å²) < 4.78 is 9.33. The predicted molar refractivity (Wildman–Crippen MR) is 233 cm³/mol. The van der Waals surface area contributed by atoms with Crippen molar-refractivity contribution in [1.82, 2.24) is 15.0 Å². The van der Waals surface area contributed by atoms with Crippen molar-refractivity contribution in [3.8, 4) is 67.4 Å². The highest BCUT2D eigenvalue weighted by Gasteiger charge is 2.20. The average molecular weight is 734 g/mol. The lowest BCUT2D eigenvalue weighted by Crippen LogP contribution is -1.98. The summed E-state index contributed by atoms with van der Waals surface area (Å²) in [4.78, 5) is 15.0. The molecule has 0 radical (unpaired) electrons. The van der Waals surface area contributed by atoms with E-state index in [1.54, 1.807) is 0 Å². The molecule has 0 aliphatic carbocycles. The summed E-state index contributed by atoms with van der Waals surface area (Å²) in [6.07, 6.45) is 1.82. The van der Waals surface area contributed by atoms with Crippen molar-refractivity contribution in [3.63, 3.8) is 0 Å². The molecule has 0 aliphatic heterocycles. The summed E-state index contributed by atoms with van der Waals surface area (Å²) in [5.41, 5.74) is 12.8. The van der Waals surface area contributed by atoms with Crippen molar-refractivity contribution < 1.29 is 4.42 Å². The second kappa shape index (κ2) is 13.3. The van der Waals surface area contributed by atoms with Gasteiger partial charge in [0.05, 0.1) is 17.1 Å². The Morgan fingerprint density at radius 3 is 1.88 bits per heavy atom. The summed E-state index contributed by atoms with van der Waals surface area (Å²) in [6.45, 7) is 0.